The molecule has 0 radical (unpaired) electrons. The van der Waals surface area contributed by atoms with Crippen molar-refractivity contribution in [3.05, 3.63) is 58.6 Å². The maximum atomic E-state index is 11.0. The summed E-state index contributed by atoms with van der Waals surface area (Å²) in [6.07, 6.45) is 0. The number of hydrogen-bond donors (Lipinski definition) is 2. The van der Waals surface area contributed by atoms with Crippen LogP contribution in [0.5, 0.6) is 5.75 Å². The van der Waals surface area contributed by atoms with E-state index in [0.29, 0.717) is 28.6 Å². The van der Waals surface area contributed by atoms with Crippen LogP contribution in [0.1, 0.15) is 15.9 Å². The number of halogens is 1. The molecular formula is C14H13ClN2O2. The first kappa shape index (κ1) is 13.2. The summed E-state index contributed by atoms with van der Waals surface area (Å²) >= 11 is 6.06. The lowest BCUT2D eigenvalue weighted by Gasteiger charge is -2.09. The topological polar surface area (TPSA) is 78.3 Å². The molecule has 0 spiro atoms. The molecule has 0 saturated heterocycles. The average Bonchev–Trinajstić information content (AvgIpc) is 2.37. The Labute approximate surface area is 115 Å². The first-order chi connectivity index (χ1) is 9.06. The summed E-state index contributed by atoms with van der Waals surface area (Å²) in [7, 11) is 0. The van der Waals surface area contributed by atoms with Crippen LogP contribution < -0.4 is 16.2 Å². The molecule has 98 valence electrons. The molecule has 5 heteroatoms. The minimum atomic E-state index is -0.509. The van der Waals surface area contributed by atoms with Gasteiger partial charge >= 0.3 is 0 Å². The van der Waals surface area contributed by atoms with Crippen LogP contribution in [0.4, 0.5) is 5.69 Å². The third-order valence-electron chi connectivity index (χ3n) is 2.59. The van der Waals surface area contributed by atoms with Gasteiger partial charge < -0.3 is 16.2 Å². The molecule has 0 aliphatic rings. The van der Waals surface area contributed by atoms with Gasteiger partial charge in [-0.05, 0) is 24.3 Å². The molecule has 2 rings (SSSR count). The van der Waals surface area contributed by atoms with Crippen LogP contribution in [-0.4, -0.2) is 5.91 Å². The van der Waals surface area contributed by atoms with Gasteiger partial charge in [-0.3, -0.25) is 4.79 Å². The van der Waals surface area contributed by atoms with E-state index in [1.807, 2.05) is 12.1 Å². The second-order valence-electron chi connectivity index (χ2n) is 4.03. The fourth-order valence-corrected chi connectivity index (χ4v) is 1.82. The van der Waals surface area contributed by atoms with E-state index in [2.05, 4.69) is 0 Å². The summed E-state index contributed by atoms with van der Waals surface area (Å²) in [5.74, 6) is 0.153. The van der Waals surface area contributed by atoms with Crippen LogP contribution in [0.25, 0.3) is 0 Å². The van der Waals surface area contributed by atoms with Gasteiger partial charge in [0, 0.05) is 27.9 Å². The molecule has 0 heterocycles. The van der Waals surface area contributed by atoms with Gasteiger partial charge in [0.15, 0.2) is 0 Å². The van der Waals surface area contributed by atoms with Crippen LogP contribution in [0.2, 0.25) is 5.02 Å². The zero-order chi connectivity index (χ0) is 13.8. The van der Waals surface area contributed by atoms with Gasteiger partial charge in [-0.1, -0.05) is 23.7 Å². The van der Waals surface area contributed by atoms with Crippen molar-refractivity contribution in [2.24, 2.45) is 5.73 Å². The molecule has 2 aromatic rings. The highest BCUT2D eigenvalue weighted by Gasteiger charge is 2.06. The van der Waals surface area contributed by atoms with Gasteiger partial charge in [0.05, 0.1) is 0 Å². The minimum Gasteiger partial charge on any atom is -0.489 e. The van der Waals surface area contributed by atoms with Crippen LogP contribution in [0.15, 0.2) is 42.5 Å². The monoisotopic (exact) mass is 276 g/mol. The van der Waals surface area contributed by atoms with Crippen molar-refractivity contribution in [3.63, 3.8) is 0 Å². The SMILES string of the molecule is NC(=O)c1ccc(COc2cccc(N)c2)c(Cl)c1. The smallest absolute Gasteiger partial charge is 0.248 e. The predicted octanol–water partition coefficient (Wildman–Crippen LogP) is 2.60. The minimum absolute atomic E-state index is 0.293. The summed E-state index contributed by atoms with van der Waals surface area (Å²) in [6, 6.07) is 12.0. The number of amides is 1. The number of benzene rings is 2. The highest BCUT2D eigenvalue weighted by atomic mass is 35.5. The quantitative estimate of drug-likeness (QED) is 0.843. The van der Waals surface area contributed by atoms with E-state index in [4.69, 9.17) is 27.8 Å². The summed E-state index contributed by atoms with van der Waals surface area (Å²) in [6.45, 7) is 0.293. The summed E-state index contributed by atoms with van der Waals surface area (Å²) < 4.78 is 5.57. The predicted molar refractivity (Wildman–Crippen MR) is 75.2 cm³/mol. The molecule has 0 atom stereocenters. The maximum Gasteiger partial charge on any atom is 0.248 e. The number of anilines is 1. The number of nitrogen functional groups attached to an aromatic ring is 1. The largest absolute Gasteiger partial charge is 0.489 e. The molecule has 1 amide bonds. The molecule has 4 N–H and O–H groups in total. The standard InChI is InChI=1S/C14H13ClN2O2/c15-13-6-9(14(17)18)4-5-10(13)8-19-12-3-1-2-11(16)7-12/h1-7H,8,16H2,(H2,17,18). The van der Waals surface area contributed by atoms with Gasteiger partial charge in [-0.15, -0.1) is 0 Å². The van der Waals surface area contributed by atoms with Crippen molar-refractivity contribution in [1.29, 1.82) is 0 Å². The van der Waals surface area contributed by atoms with Gasteiger partial charge in [-0.25, -0.2) is 0 Å². The zero-order valence-corrected chi connectivity index (χ0v) is 10.9. The molecule has 0 fully saturated rings. The average molecular weight is 277 g/mol. The van der Waals surface area contributed by atoms with E-state index in [1.165, 1.54) is 6.07 Å². The van der Waals surface area contributed by atoms with Crippen LogP contribution in [0, 0.1) is 0 Å². The summed E-state index contributed by atoms with van der Waals surface area (Å²) in [4.78, 5) is 11.0. The molecule has 4 nitrogen and oxygen atoms in total. The van der Waals surface area contributed by atoms with Gasteiger partial charge in [0.2, 0.25) is 5.91 Å². The third kappa shape index (κ3) is 3.39. The number of rotatable bonds is 4. The molecule has 0 aromatic heterocycles. The van der Waals surface area contributed by atoms with E-state index in [-0.39, 0.29) is 0 Å². The molecule has 19 heavy (non-hydrogen) atoms. The summed E-state index contributed by atoms with van der Waals surface area (Å²) in [5.41, 5.74) is 12.6. The lowest BCUT2D eigenvalue weighted by atomic mass is 10.1. The van der Waals surface area contributed by atoms with Crippen LogP contribution in [-0.2, 0) is 6.61 Å². The number of nitrogens with two attached hydrogens (primary N) is 2. The Morgan fingerprint density at radius 1 is 1.21 bits per heavy atom. The first-order valence-corrected chi connectivity index (χ1v) is 6.00. The van der Waals surface area contributed by atoms with Crippen molar-refractivity contribution in [2.45, 2.75) is 6.61 Å². The normalized spacial score (nSPS) is 10.2. The molecule has 0 bridgehead atoms. The lowest BCUT2D eigenvalue weighted by molar-refractivity contribution is 0.1000. The molecule has 0 aliphatic heterocycles. The fourth-order valence-electron chi connectivity index (χ4n) is 1.58. The number of ether oxygens (including phenoxy) is 1. The molecule has 0 aliphatic carbocycles. The molecule has 2 aromatic carbocycles. The molecular weight excluding hydrogens is 264 g/mol. The summed E-state index contributed by atoms with van der Waals surface area (Å²) in [5, 5.41) is 0.445. The Kier molecular flexibility index (Phi) is 3.92. The number of primary amides is 1. The Bertz CT molecular complexity index is 614. The van der Waals surface area contributed by atoms with Crippen LogP contribution >= 0.6 is 11.6 Å². The van der Waals surface area contributed by atoms with E-state index < -0.39 is 5.91 Å². The first-order valence-electron chi connectivity index (χ1n) is 5.63. The van der Waals surface area contributed by atoms with E-state index >= 15 is 0 Å². The van der Waals surface area contributed by atoms with E-state index in [0.717, 1.165) is 5.56 Å². The Balaban J connectivity index is 2.10. The fraction of sp³-hybridized carbons (Fsp3) is 0.0714. The second-order valence-corrected chi connectivity index (χ2v) is 4.44. The van der Waals surface area contributed by atoms with Gasteiger partial charge in [-0.2, -0.15) is 0 Å². The van der Waals surface area contributed by atoms with Gasteiger partial charge in [0.25, 0.3) is 0 Å². The highest BCUT2D eigenvalue weighted by molar-refractivity contribution is 6.31. The van der Waals surface area contributed by atoms with Gasteiger partial charge in [0.1, 0.15) is 12.4 Å². The Morgan fingerprint density at radius 3 is 2.63 bits per heavy atom. The Morgan fingerprint density at radius 2 is 2.00 bits per heavy atom. The molecule has 0 unspecified atom stereocenters. The van der Waals surface area contributed by atoms with Crippen molar-refractivity contribution in [3.8, 4) is 5.75 Å². The molecule has 0 saturated carbocycles. The highest BCUT2D eigenvalue weighted by Crippen LogP contribution is 2.21. The van der Waals surface area contributed by atoms with E-state index in [1.54, 1.807) is 24.3 Å². The van der Waals surface area contributed by atoms with Crippen molar-refractivity contribution in [1.82, 2.24) is 0 Å². The third-order valence-corrected chi connectivity index (χ3v) is 2.94. The van der Waals surface area contributed by atoms with Crippen molar-refractivity contribution in [2.75, 3.05) is 5.73 Å². The second kappa shape index (κ2) is 5.63. The van der Waals surface area contributed by atoms with Crippen LogP contribution in [0.3, 0.4) is 0 Å². The number of carbonyl (C=O) groups excluding carboxylic acids is 1. The van der Waals surface area contributed by atoms with Crippen molar-refractivity contribution >= 4 is 23.2 Å². The maximum absolute atomic E-state index is 11.0. The Hall–Kier alpha value is -2.20. The zero-order valence-electron chi connectivity index (χ0n) is 10.1. The number of hydrogen-bond acceptors (Lipinski definition) is 3. The lowest BCUT2D eigenvalue weighted by Crippen LogP contribution is -2.11. The number of carbonyl (C=O) groups is 1. The van der Waals surface area contributed by atoms with Crippen molar-refractivity contribution < 1.29 is 9.53 Å². The van der Waals surface area contributed by atoms with E-state index in [9.17, 15) is 4.79 Å².